The van der Waals surface area contributed by atoms with Gasteiger partial charge in [0.2, 0.25) is 0 Å². The summed E-state index contributed by atoms with van der Waals surface area (Å²) in [5.41, 5.74) is -4.63. The van der Waals surface area contributed by atoms with Crippen LogP contribution >= 0.6 is 7.26 Å². The molecule has 1 aliphatic heterocycles. The molecule has 0 aromatic heterocycles. The quantitative estimate of drug-likeness (QED) is 0.773. The van der Waals surface area contributed by atoms with E-state index >= 15 is 0 Å². The molecule has 0 bridgehead atoms. The van der Waals surface area contributed by atoms with E-state index in [1.165, 1.54) is 25.2 Å². The fourth-order valence-corrected chi connectivity index (χ4v) is 5.71. The van der Waals surface area contributed by atoms with E-state index in [2.05, 4.69) is 6.66 Å². The molecule has 90 valence electrons. The second-order valence-corrected chi connectivity index (χ2v) is 9.98. The first-order chi connectivity index (χ1) is 6.83. The van der Waals surface area contributed by atoms with E-state index in [0.29, 0.717) is 0 Å². The smallest absolute Gasteiger partial charge is 0.234 e. The molecule has 1 N–H and O–H groups in total. The van der Waals surface area contributed by atoms with Crippen LogP contribution in [-0.2, 0) is 11.0 Å². The molecule has 0 radical (unpaired) electrons. The molecule has 1 atom stereocenters. The minimum absolute atomic E-state index is 0.219. The summed E-state index contributed by atoms with van der Waals surface area (Å²) in [6.07, 6.45) is 5.52. The molecule has 0 spiro atoms. The Kier molecular flexibility index (Phi) is 4.56. The van der Waals surface area contributed by atoms with Crippen molar-refractivity contribution in [2.45, 2.75) is 18.3 Å². The van der Waals surface area contributed by atoms with Gasteiger partial charge in [-0.25, -0.2) is 8.93 Å². The molecular formula is C8H16F3NOPS+. The van der Waals surface area contributed by atoms with Crippen LogP contribution in [0.1, 0.15) is 12.8 Å². The first-order valence-corrected chi connectivity index (χ1v) is 8.83. The van der Waals surface area contributed by atoms with Gasteiger partial charge in [0.25, 0.3) is 0 Å². The van der Waals surface area contributed by atoms with Crippen molar-refractivity contribution >= 4 is 18.2 Å². The fraction of sp³-hybridized carbons (Fsp3) is 1.00. The number of hydrogen-bond acceptors (Lipinski definition) is 1. The molecule has 0 aromatic carbocycles. The third kappa shape index (κ3) is 4.37. The van der Waals surface area contributed by atoms with Crippen LogP contribution in [0.25, 0.3) is 0 Å². The third-order valence-corrected chi connectivity index (χ3v) is 7.72. The van der Waals surface area contributed by atoms with Gasteiger partial charge in [-0.05, 0) is 12.8 Å². The van der Waals surface area contributed by atoms with E-state index in [-0.39, 0.29) is 6.54 Å². The summed E-state index contributed by atoms with van der Waals surface area (Å²) in [5, 5.41) is 0. The Morgan fingerprint density at radius 1 is 1.33 bits per heavy atom. The van der Waals surface area contributed by atoms with E-state index in [4.69, 9.17) is 0 Å². The molecule has 1 fully saturated rings. The molecule has 0 aliphatic carbocycles. The Morgan fingerprint density at radius 3 is 2.33 bits per heavy atom. The summed E-state index contributed by atoms with van der Waals surface area (Å²) in [6, 6.07) is 0. The third-order valence-electron chi connectivity index (χ3n) is 2.74. The van der Waals surface area contributed by atoms with Gasteiger partial charge in [-0.1, -0.05) is 0 Å². The van der Waals surface area contributed by atoms with Crippen molar-refractivity contribution in [3.05, 3.63) is 0 Å². The van der Waals surface area contributed by atoms with E-state index in [0.717, 1.165) is 6.16 Å². The van der Waals surface area contributed by atoms with Crippen LogP contribution in [0.4, 0.5) is 13.2 Å². The summed E-state index contributed by atoms with van der Waals surface area (Å²) in [7, 11) is -3.88. The van der Waals surface area contributed by atoms with E-state index in [9.17, 15) is 17.4 Å². The lowest BCUT2D eigenvalue weighted by Gasteiger charge is -2.16. The van der Waals surface area contributed by atoms with Crippen molar-refractivity contribution in [1.29, 1.82) is 0 Å². The molecule has 1 heterocycles. The molecule has 7 heteroatoms. The van der Waals surface area contributed by atoms with Crippen LogP contribution in [0.2, 0.25) is 0 Å². The summed E-state index contributed by atoms with van der Waals surface area (Å²) < 4.78 is 48.4. The number of hydrogen-bond donors (Lipinski definition) is 1. The van der Waals surface area contributed by atoms with Gasteiger partial charge in [0.15, 0.2) is 11.0 Å². The van der Waals surface area contributed by atoms with Gasteiger partial charge in [0.1, 0.15) is 0 Å². The molecule has 0 amide bonds. The summed E-state index contributed by atoms with van der Waals surface area (Å²) >= 11 is 0. The first-order valence-electron chi connectivity index (χ1n) is 4.89. The van der Waals surface area contributed by atoms with E-state index < -0.39 is 23.8 Å². The summed E-state index contributed by atoms with van der Waals surface area (Å²) in [6.45, 7) is 2.41. The van der Waals surface area contributed by atoms with Crippen molar-refractivity contribution in [3.63, 3.8) is 0 Å². The van der Waals surface area contributed by atoms with Crippen LogP contribution < -0.4 is 4.72 Å². The molecule has 2 nitrogen and oxygen atoms in total. The monoisotopic (exact) mass is 262 g/mol. The Labute approximate surface area is 90.9 Å². The van der Waals surface area contributed by atoms with Crippen LogP contribution in [0, 0.1) is 0 Å². The van der Waals surface area contributed by atoms with Gasteiger partial charge in [0.05, 0.1) is 18.5 Å². The normalized spacial score (nSPS) is 22.9. The highest BCUT2D eigenvalue weighted by Gasteiger charge is 2.39. The maximum atomic E-state index is 11.9. The number of halogens is 3. The lowest BCUT2D eigenvalue weighted by molar-refractivity contribution is -0.0393. The Balaban J connectivity index is 2.24. The Bertz CT molecular complexity index is 241. The second kappa shape index (κ2) is 5.11. The van der Waals surface area contributed by atoms with Crippen LogP contribution in [0.15, 0.2) is 0 Å². The largest absolute Gasteiger partial charge is 0.485 e. The maximum Gasteiger partial charge on any atom is 0.485 e. The second-order valence-electron chi connectivity index (χ2n) is 4.11. The predicted octanol–water partition coefficient (Wildman–Crippen LogP) is 2.20. The van der Waals surface area contributed by atoms with Crippen molar-refractivity contribution in [2.75, 3.05) is 31.7 Å². The van der Waals surface area contributed by atoms with Gasteiger partial charge < -0.3 is 0 Å². The summed E-state index contributed by atoms with van der Waals surface area (Å²) in [4.78, 5) is 0. The predicted molar refractivity (Wildman–Crippen MR) is 58.9 cm³/mol. The molecule has 0 aromatic rings. The van der Waals surface area contributed by atoms with Crippen molar-refractivity contribution < 1.29 is 17.4 Å². The molecule has 15 heavy (non-hydrogen) atoms. The van der Waals surface area contributed by atoms with Crippen molar-refractivity contribution in [1.82, 2.24) is 4.72 Å². The highest BCUT2D eigenvalue weighted by Crippen LogP contribution is 2.59. The minimum Gasteiger partial charge on any atom is -0.234 e. The highest BCUT2D eigenvalue weighted by atomic mass is 32.2. The molecular weight excluding hydrogens is 246 g/mol. The molecule has 1 rings (SSSR count). The van der Waals surface area contributed by atoms with E-state index in [1.54, 1.807) is 0 Å². The topological polar surface area (TPSA) is 29.1 Å². The zero-order valence-corrected chi connectivity index (χ0v) is 10.4. The first kappa shape index (κ1) is 13.4. The molecule has 0 saturated carbocycles. The van der Waals surface area contributed by atoms with Crippen molar-refractivity contribution in [3.8, 4) is 0 Å². The zero-order chi connectivity index (χ0) is 11.5. The average molecular weight is 262 g/mol. The van der Waals surface area contributed by atoms with Gasteiger partial charge in [-0.2, -0.15) is 13.2 Å². The molecule has 1 unspecified atom stereocenters. The maximum absolute atomic E-state index is 11.9. The number of rotatable bonds is 4. The Hall–Kier alpha value is 0.330. The lowest BCUT2D eigenvalue weighted by atomic mass is 10.4. The standard InChI is InChI=1S/C8H16F3NOPS/c1-14(5-2-3-6-14)7-4-12-15(13)8(9,10)11/h12H,2-7H2,1H3/q+1. The zero-order valence-electron chi connectivity index (χ0n) is 8.64. The lowest BCUT2D eigenvalue weighted by Crippen LogP contribution is -2.32. The van der Waals surface area contributed by atoms with Crippen LogP contribution in [-0.4, -0.2) is 41.4 Å². The fourth-order valence-electron chi connectivity index (χ4n) is 1.81. The van der Waals surface area contributed by atoms with E-state index in [1.807, 2.05) is 4.72 Å². The number of alkyl halides is 3. The van der Waals surface area contributed by atoms with Crippen molar-refractivity contribution in [2.24, 2.45) is 0 Å². The minimum atomic E-state index is -4.63. The van der Waals surface area contributed by atoms with Gasteiger partial charge in [-0.3, -0.25) is 0 Å². The number of nitrogens with one attached hydrogen (secondary N) is 1. The molecule has 1 saturated heterocycles. The SMILES string of the molecule is C[P+]1(CCNS(=O)C(F)(F)F)CCCC1. The highest BCUT2D eigenvalue weighted by molar-refractivity contribution is 7.84. The van der Waals surface area contributed by atoms with Crippen LogP contribution in [0.5, 0.6) is 0 Å². The Morgan fingerprint density at radius 2 is 1.87 bits per heavy atom. The van der Waals surface area contributed by atoms with Gasteiger partial charge >= 0.3 is 5.51 Å². The average Bonchev–Trinajstić information content (AvgIpc) is 2.50. The summed E-state index contributed by atoms with van der Waals surface area (Å²) in [5.74, 6) is 0. The van der Waals surface area contributed by atoms with Gasteiger partial charge in [-0.15, -0.1) is 0 Å². The molecule has 1 aliphatic rings. The van der Waals surface area contributed by atoms with Gasteiger partial charge in [0, 0.05) is 20.5 Å². The van der Waals surface area contributed by atoms with Crippen LogP contribution in [0.3, 0.4) is 0 Å².